The standard InChI is InChI=1S/C23H27N3O/c1-6-26(15-18-8-11-20(12-9-18)25(4)5)23(27)21-14-19-10-7-16(2)13-22(19)24-17(21)3/h7-14H,6,15H2,1-5H3. The van der Waals surface area contributed by atoms with Crippen LogP contribution in [0.5, 0.6) is 0 Å². The molecule has 4 nitrogen and oxygen atoms in total. The minimum atomic E-state index is 0.0293. The monoisotopic (exact) mass is 361 g/mol. The van der Waals surface area contributed by atoms with Crippen LogP contribution in [0, 0.1) is 13.8 Å². The van der Waals surface area contributed by atoms with Gasteiger partial charge < -0.3 is 9.80 Å². The number of rotatable bonds is 5. The van der Waals surface area contributed by atoms with Crippen molar-refractivity contribution in [2.45, 2.75) is 27.3 Å². The van der Waals surface area contributed by atoms with E-state index >= 15 is 0 Å². The largest absolute Gasteiger partial charge is 0.378 e. The van der Waals surface area contributed by atoms with Gasteiger partial charge in [-0.05, 0) is 56.2 Å². The molecule has 2 aromatic carbocycles. The van der Waals surface area contributed by atoms with E-state index in [1.807, 2.05) is 45.0 Å². The lowest BCUT2D eigenvalue weighted by atomic mass is 10.1. The maximum Gasteiger partial charge on any atom is 0.256 e. The number of pyridine rings is 1. The number of fused-ring (bicyclic) bond motifs is 1. The quantitative estimate of drug-likeness (QED) is 0.667. The van der Waals surface area contributed by atoms with Crippen molar-refractivity contribution in [2.24, 2.45) is 0 Å². The van der Waals surface area contributed by atoms with E-state index in [0.29, 0.717) is 18.7 Å². The molecule has 1 aromatic heterocycles. The van der Waals surface area contributed by atoms with Crippen LogP contribution >= 0.6 is 0 Å². The fraction of sp³-hybridized carbons (Fsp3) is 0.304. The Morgan fingerprint density at radius 2 is 1.70 bits per heavy atom. The van der Waals surface area contributed by atoms with Gasteiger partial charge in [0.05, 0.1) is 16.8 Å². The molecule has 0 aliphatic rings. The van der Waals surface area contributed by atoms with Crippen molar-refractivity contribution < 1.29 is 4.79 Å². The highest BCUT2D eigenvalue weighted by Crippen LogP contribution is 2.21. The number of aryl methyl sites for hydroxylation is 2. The second-order valence-corrected chi connectivity index (χ2v) is 7.20. The van der Waals surface area contributed by atoms with Gasteiger partial charge in [-0.3, -0.25) is 9.78 Å². The number of hydrogen-bond donors (Lipinski definition) is 0. The van der Waals surface area contributed by atoms with E-state index in [1.54, 1.807) is 0 Å². The lowest BCUT2D eigenvalue weighted by Gasteiger charge is -2.22. The molecule has 0 aliphatic heterocycles. The van der Waals surface area contributed by atoms with Gasteiger partial charge in [-0.25, -0.2) is 0 Å². The molecule has 1 heterocycles. The number of carbonyl (C=O) groups is 1. The summed E-state index contributed by atoms with van der Waals surface area (Å²) in [6, 6.07) is 16.4. The molecule has 3 rings (SSSR count). The Balaban J connectivity index is 1.87. The summed E-state index contributed by atoms with van der Waals surface area (Å²) in [6.07, 6.45) is 0. The maximum absolute atomic E-state index is 13.2. The van der Waals surface area contributed by atoms with Crippen molar-refractivity contribution in [3.8, 4) is 0 Å². The summed E-state index contributed by atoms with van der Waals surface area (Å²) in [5.41, 5.74) is 5.84. The molecule has 0 saturated heterocycles. The second kappa shape index (κ2) is 7.78. The molecule has 0 N–H and O–H groups in total. The van der Waals surface area contributed by atoms with E-state index in [4.69, 9.17) is 0 Å². The summed E-state index contributed by atoms with van der Waals surface area (Å²) >= 11 is 0. The van der Waals surface area contributed by atoms with Gasteiger partial charge in [0.15, 0.2) is 0 Å². The van der Waals surface area contributed by atoms with E-state index < -0.39 is 0 Å². The molecule has 0 aliphatic carbocycles. The first kappa shape index (κ1) is 18.9. The summed E-state index contributed by atoms with van der Waals surface area (Å²) in [5, 5.41) is 1.00. The smallest absolute Gasteiger partial charge is 0.256 e. The molecular weight excluding hydrogens is 334 g/mol. The molecule has 0 fully saturated rings. The molecule has 4 heteroatoms. The summed E-state index contributed by atoms with van der Waals surface area (Å²) in [6.45, 7) is 7.22. The average molecular weight is 361 g/mol. The van der Waals surface area contributed by atoms with E-state index in [1.165, 1.54) is 5.56 Å². The van der Waals surface area contributed by atoms with Crippen LogP contribution in [0.1, 0.15) is 34.1 Å². The molecule has 1 amide bonds. The van der Waals surface area contributed by atoms with Crippen LogP contribution in [-0.4, -0.2) is 36.4 Å². The third-order valence-electron chi connectivity index (χ3n) is 4.89. The van der Waals surface area contributed by atoms with Crippen LogP contribution in [0.2, 0.25) is 0 Å². The molecule has 27 heavy (non-hydrogen) atoms. The molecule has 0 radical (unpaired) electrons. The second-order valence-electron chi connectivity index (χ2n) is 7.20. The summed E-state index contributed by atoms with van der Waals surface area (Å²) in [5.74, 6) is 0.0293. The molecule has 140 valence electrons. The Hall–Kier alpha value is -2.88. The zero-order valence-electron chi connectivity index (χ0n) is 16.8. The van der Waals surface area contributed by atoms with Crippen LogP contribution in [-0.2, 0) is 6.54 Å². The van der Waals surface area contributed by atoms with Crippen molar-refractivity contribution in [3.63, 3.8) is 0 Å². The van der Waals surface area contributed by atoms with E-state index in [2.05, 4.69) is 53.2 Å². The number of nitrogens with zero attached hydrogens (tertiary/aromatic N) is 3. The number of benzene rings is 2. The number of carbonyl (C=O) groups excluding carboxylic acids is 1. The van der Waals surface area contributed by atoms with Gasteiger partial charge in [0.1, 0.15) is 0 Å². The fourth-order valence-corrected chi connectivity index (χ4v) is 3.21. The predicted molar refractivity (Wildman–Crippen MR) is 112 cm³/mol. The highest BCUT2D eigenvalue weighted by atomic mass is 16.2. The minimum Gasteiger partial charge on any atom is -0.378 e. The summed E-state index contributed by atoms with van der Waals surface area (Å²) in [7, 11) is 4.04. The van der Waals surface area contributed by atoms with E-state index in [0.717, 1.165) is 27.8 Å². The molecule has 0 unspecified atom stereocenters. The molecule has 0 spiro atoms. The van der Waals surface area contributed by atoms with E-state index in [9.17, 15) is 4.79 Å². The SMILES string of the molecule is CCN(Cc1ccc(N(C)C)cc1)C(=O)c1cc2ccc(C)cc2nc1C. The van der Waals surface area contributed by atoms with Crippen LogP contribution in [0.25, 0.3) is 10.9 Å². The van der Waals surface area contributed by atoms with Crippen molar-refractivity contribution in [3.05, 3.63) is 70.9 Å². The Morgan fingerprint density at radius 1 is 1.00 bits per heavy atom. The molecule has 0 bridgehead atoms. The van der Waals surface area contributed by atoms with Crippen molar-refractivity contribution in [1.29, 1.82) is 0 Å². The van der Waals surface area contributed by atoms with Gasteiger partial charge >= 0.3 is 0 Å². The number of anilines is 1. The molecule has 0 atom stereocenters. The average Bonchev–Trinajstić information content (AvgIpc) is 2.65. The van der Waals surface area contributed by atoms with Crippen molar-refractivity contribution in [2.75, 3.05) is 25.5 Å². The van der Waals surface area contributed by atoms with Crippen LogP contribution in [0.3, 0.4) is 0 Å². The summed E-state index contributed by atoms with van der Waals surface area (Å²) in [4.78, 5) is 21.8. The molecule has 0 saturated carbocycles. The van der Waals surface area contributed by atoms with Gasteiger partial charge in [-0.1, -0.05) is 24.3 Å². The fourth-order valence-electron chi connectivity index (χ4n) is 3.21. The van der Waals surface area contributed by atoms with Gasteiger partial charge in [-0.15, -0.1) is 0 Å². The highest BCUT2D eigenvalue weighted by Gasteiger charge is 2.18. The highest BCUT2D eigenvalue weighted by molar-refractivity contribution is 5.98. The first-order valence-corrected chi connectivity index (χ1v) is 9.32. The zero-order chi connectivity index (χ0) is 19.6. The number of aromatic nitrogens is 1. The molecular formula is C23H27N3O. The van der Waals surface area contributed by atoms with Gasteiger partial charge in [0, 0.05) is 38.3 Å². The van der Waals surface area contributed by atoms with Gasteiger partial charge in [0.2, 0.25) is 0 Å². The lowest BCUT2D eigenvalue weighted by molar-refractivity contribution is 0.0751. The Bertz CT molecular complexity index is 961. The Labute approximate surface area is 161 Å². The maximum atomic E-state index is 13.2. The minimum absolute atomic E-state index is 0.0293. The van der Waals surface area contributed by atoms with Crippen molar-refractivity contribution >= 4 is 22.5 Å². The zero-order valence-corrected chi connectivity index (χ0v) is 16.8. The lowest BCUT2D eigenvalue weighted by Crippen LogP contribution is -2.31. The summed E-state index contributed by atoms with van der Waals surface area (Å²) < 4.78 is 0. The van der Waals surface area contributed by atoms with Crippen LogP contribution < -0.4 is 4.90 Å². The molecule has 3 aromatic rings. The Kier molecular flexibility index (Phi) is 5.45. The van der Waals surface area contributed by atoms with Gasteiger partial charge in [-0.2, -0.15) is 0 Å². The Morgan fingerprint density at radius 3 is 2.33 bits per heavy atom. The number of amides is 1. The third kappa shape index (κ3) is 4.11. The normalized spacial score (nSPS) is 10.9. The van der Waals surface area contributed by atoms with Crippen molar-refractivity contribution in [1.82, 2.24) is 9.88 Å². The topological polar surface area (TPSA) is 36.4 Å². The van der Waals surface area contributed by atoms with Crippen LogP contribution in [0.15, 0.2) is 48.5 Å². The number of hydrogen-bond acceptors (Lipinski definition) is 3. The first-order chi connectivity index (χ1) is 12.9. The van der Waals surface area contributed by atoms with Gasteiger partial charge in [0.25, 0.3) is 5.91 Å². The third-order valence-corrected chi connectivity index (χ3v) is 4.89. The van der Waals surface area contributed by atoms with Crippen LogP contribution in [0.4, 0.5) is 5.69 Å². The first-order valence-electron chi connectivity index (χ1n) is 9.32. The van der Waals surface area contributed by atoms with E-state index in [-0.39, 0.29) is 5.91 Å². The predicted octanol–water partition coefficient (Wildman–Crippen LogP) is 4.58.